The Bertz CT molecular complexity index is 727. The van der Waals surface area contributed by atoms with Crippen molar-refractivity contribution in [2.24, 2.45) is 0 Å². The first-order valence-corrected chi connectivity index (χ1v) is 9.79. The molecule has 0 aromatic heterocycles. The Kier molecular flexibility index (Phi) is 5.11. The zero-order valence-corrected chi connectivity index (χ0v) is 15.5. The number of hydrogen-bond acceptors (Lipinski definition) is 4. The predicted octanol–water partition coefficient (Wildman–Crippen LogP) is 0.455. The molecule has 3 amide bonds. The number of carbonyl (C=O) groups excluding carboxylic acids is 3. The fourth-order valence-electron chi connectivity index (χ4n) is 4.18. The molecule has 1 aromatic carbocycles. The van der Waals surface area contributed by atoms with E-state index in [0.29, 0.717) is 18.7 Å². The van der Waals surface area contributed by atoms with Crippen LogP contribution in [0.3, 0.4) is 0 Å². The Morgan fingerprint density at radius 2 is 1.74 bits per heavy atom. The summed E-state index contributed by atoms with van der Waals surface area (Å²) in [6, 6.07) is 7.23. The van der Waals surface area contributed by atoms with E-state index in [1.54, 1.807) is 9.80 Å². The number of amides is 3. The van der Waals surface area contributed by atoms with Crippen LogP contribution in [0.15, 0.2) is 24.3 Å². The van der Waals surface area contributed by atoms with E-state index in [1.165, 1.54) is 24.8 Å². The van der Waals surface area contributed by atoms with Gasteiger partial charge in [0.15, 0.2) is 0 Å². The summed E-state index contributed by atoms with van der Waals surface area (Å²) in [6.07, 6.45) is 3.85. The van der Waals surface area contributed by atoms with Gasteiger partial charge in [-0.15, -0.1) is 0 Å². The summed E-state index contributed by atoms with van der Waals surface area (Å²) in [5.74, 6) is -0.331. The molecule has 4 rings (SSSR count). The highest BCUT2D eigenvalue weighted by molar-refractivity contribution is 5.98. The maximum absolute atomic E-state index is 12.8. The van der Waals surface area contributed by atoms with Gasteiger partial charge in [-0.25, -0.2) is 0 Å². The molecule has 1 aromatic rings. The van der Waals surface area contributed by atoms with Crippen LogP contribution in [-0.2, 0) is 16.1 Å². The van der Waals surface area contributed by atoms with Crippen LogP contribution >= 0.6 is 0 Å². The first kappa shape index (κ1) is 18.0. The Balaban J connectivity index is 1.39. The smallest absolute Gasteiger partial charge is 0.253 e. The first-order chi connectivity index (χ1) is 13.1. The third-order valence-corrected chi connectivity index (χ3v) is 5.76. The first-order valence-electron chi connectivity index (χ1n) is 9.79. The SMILES string of the molecule is O=C1NCC(=O)N2CCN(C(=O)c3ccc(CN4CCCCC4)cc3)C[C@@H]12. The lowest BCUT2D eigenvalue weighted by atomic mass is 10.1. The minimum absolute atomic E-state index is 0.0573. The second-order valence-electron chi connectivity index (χ2n) is 7.61. The average Bonchev–Trinajstić information content (AvgIpc) is 2.71. The highest BCUT2D eigenvalue weighted by atomic mass is 16.2. The molecule has 1 atom stereocenters. The molecular formula is C20H26N4O3. The molecule has 3 aliphatic heterocycles. The third kappa shape index (κ3) is 3.83. The van der Waals surface area contributed by atoms with Crippen LogP contribution in [0, 0.1) is 0 Å². The second-order valence-corrected chi connectivity index (χ2v) is 7.61. The molecule has 27 heavy (non-hydrogen) atoms. The minimum Gasteiger partial charge on any atom is -0.345 e. The summed E-state index contributed by atoms with van der Waals surface area (Å²) >= 11 is 0. The van der Waals surface area contributed by atoms with Gasteiger partial charge in [-0.1, -0.05) is 18.6 Å². The second kappa shape index (κ2) is 7.68. The Morgan fingerprint density at radius 1 is 1.00 bits per heavy atom. The van der Waals surface area contributed by atoms with E-state index in [1.807, 2.05) is 24.3 Å². The fourth-order valence-corrected chi connectivity index (χ4v) is 4.18. The van der Waals surface area contributed by atoms with Crippen LogP contribution in [0.1, 0.15) is 35.2 Å². The van der Waals surface area contributed by atoms with Gasteiger partial charge in [0.2, 0.25) is 11.8 Å². The third-order valence-electron chi connectivity index (χ3n) is 5.76. The van der Waals surface area contributed by atoms with Crippen molar-refractivity contribution in [3.63, 3.8) is 0 Å². The van der Waals surface area contributed by atoms with E-state index < -0.39 is 6.04 Å². The summed E-state index contributed by atoms with van der Waals surface area (Å²) in [5.41, 5.74) is 1.85. The van der Waals surface area contributed by atoms with Gasteiger partial charge in [-0.3, -0.25) is 19.3 Å². The van der Waals surface area contributed by atoms with Gasteiger partial charge in [0.25, 0.3) is 5.91 Å². The van der Waals surface area contributed by atoms with Crippen molar-refractivity contribution < 1.29 is 14.4 Å². The lowest BCUT2D eigenvalue weighted by molar-refractivity contribution is -0.148. The van der Waals surface area contributed by atoms with Gasteiger partial charge in [-0.05, 0) is 43.6 Å². The molecule has 0 radical (unpaired) electrons. The minimum atomic E-state index is -0.567. The van der Waals surface area contributed by atoms with Gasteiger partial charge >= 0.3 is 0 Å². The van der Waals surface area contributed by atoms with Crippen molar-refractivity contribution in [2.45, 2.75) is 31.8 Å². The Morgan fingerprint density at radius 3 is 2.48 bits per heavy atom. The molecule has 7 nitrogen and oxygen atoms in total. The van der Waals surface area contributed by atoms with Gasteiger partial charge in [0.05, 0.1) is 13.1 Å². The number of carbonyl (C=O) groups is 3. The van der Waals surface area contributed by atoms with Crippen molar-refractivity contribution in [1.82, 2.24) is 20.0 Å². The topological polar surface area (TPSA) is 73.0 Å². The van der Waals surface area contributed by atoms with Crippen molar-refractivity contribution in [3.05, 3.63) is 35.4 Å². The van der Waals surface area contributed by atoms with Gasteiger partial charge in [0.1, 0.15) is 6.04 Å². The van der Waals surface area contributed by atoms with Crippen LogP contribution in [0.2, 0.25) is 0 Å². The molecule has 0 bridgehead atoms. The van der Waals surface area contributed by atoms with Crippen LogP contribution in [0.5, 0.6) is 0 Å². The van der Waals surface area contributed by atoms with Crippen LogP contribution < -0.4 is 5.32 Å². The quantitative estimate of drug-likeness (QED) is 0.839. The zero-order valence-electron chi connectivity index (χ0n) is 15.5. The van der Waals surface area contributed by atoms with Crippen LogP contribution in [-0.4, -0.2) is 77.7 Å². The molecule has 0 saturated carbocycles. The number of likely N-dealkylation sites (tertiary alicyclic amines) is 1. The number of fused-ring (bicyclic) bond motifs is 1. The number of nitrogens with one attached hydrogen (secondary N) is 1. The summed E-state index contributed by atoms with van der Waals surface area (Å²) in [4.78, 5) is 42.6. The van der Waals surface area contributed by atoms with E-state index in [2.05, 4.69) is 10.2 Å². The Labute approximate surface area is 159 Å². The highest BCUT2D eigenvalue weighted by Crippen LogP contribution is 2.18. The number of piperazine rings is 2. The molecule has 3 fully saturated rings. The van der Waals surface area contributed by atoms with Gasteiger partial charge < -0.3 is 15.1 Å². The normalized spacial score (nSPS) is 23.8. The summed E-state index contributed by atoms with van der Waals surface area (Å²) in [7, 11) is 0. The monoisotopic (exact) mass is 370 g/mol. The Hall–Kier alpha value is -2.41. The zero-order chi connectivity index (χ0) is 18.8. The van der Waals surface area contributed by atoms with Crippen molar-refractivity contribution in [1.29, 1.82) is 0 Å². The molecule has 0 unspecified atom stereocenters. The number of piperidine rings is 1. The van der Waals surface area contributed by atoms with Crippen molar-refractivity contribution in [2.75, 3.05) is 39.3 Å². The van der Waals surface area contributed by atoms with E-state index in [-0.39, 0.29) is 30.8 Å². The molecular weight excluding hydrogens is 344 g/mol. The maximum Gasteiger partial charge on any atom is 0.253 e. The summed E-state index contributed by atoms with van der Waals surface area (Å²) in [5, 5.41) is 2.60. The maximum atomic E-state index is 12.8. The summed E-state index contributed by atoms with van der Waals surface area (Å²) in [6.45, 7) is 4.41. The molecule has 0 spiro atoms. The van der Waals surface area contributed by atoms with Crippen LogP contribution in [0.25, 0.3) is 0 Å². The number of hydrogen-bond donors (Lipinski definition) is 1. The highest BCUT2D eigenvalue weighted by Gasteiger charge is 2.39. The number of nitrogens with zero attached hydrogens (tertiary/aromatic N) is 3. The average molecular weight is 370 g/mol. The summed E-state index contributed by atoms with van der Waals surface area (Å²) < 4.78 is 0. The van der Waals surface area contributed by atoms with E-state index >= 15 is 0 Å². The molecule has 0 aliphatic carbocycles. The molecule has 3 saturated heterocycles. The van der Waals surface area contributed by atoms with Crippen LogP contribution in [0.4, 0.5) is 0 Å². The standard InChI is InChI=1S/C20H26N4O3/c25-18-12-21-19(26)17-14-23(10-11-24(17)18)20(27)16-6-4-15(5-7-16)13-22-8-2-1-3-9-22/h4-7,17H,1-3,8-14H2,(H,21,26)/t17-/m0/s1. The molecule has 144 valence electrons. The van der Waals surface area contributed by atoms with Gasteiger partial charge in [0, 0.05) is 25.2 Å². The van der Waals surface area contributed by atoms with E-state index in [0.717, 1.165) is 19.6 Å². The van der Waals surface area contributed by atoms with Crippen molar-refractivity contribution in [3.8, 4) is 0 Å². The molecule has 1 N–H and O–H groups in total. The molecule has 7 heteroatoms. The van der Waals surface area contributed by atoms with E-state index in [4.69, 9.17) is 0 Å². The predicted molar refractivity (Wildman–Crippen MR) is 100.0 cm³/mol. The number of rotatable bonds is 3. The van der Waals surface area contributed by atoms with Gasteiger partial charge in [-0.2, -0.15) is 0 Å². The fraction of sp³-hybridized carbons (Fsp3) is 0.550. The molecule has 3 heterocycles. The lowest BCUT2D eigenvalue weighted by Gasteiger charge is -2.42. The lowest BCUT2D eigenvalue weighted by Crippen LogP contribution is -2.66. The van der Waals surface area contributed by atoms with E-state index in [9.17, 15) is 14.4 Å². The number of benzene rings is 1. The largest absolute Gasteiger partial charge is 0.345 e. The molecule has 3 aliphatic rings. The van der Waals surface area contributed by atoms with Crippen molar-refractivity contribution >= 4 is 17.7 Å².